The molecule has 1 N–H and O–H groups in total. The van der Waals surface area contributed by atoms with Crippen LogP contribution >= 0.6 is 11.8 Å². The van der Waals surface area contributed by atoms with Crippen LogP contribution in [0.5, 0.6) is 0 Å². The van der Waals surface area contributed by atoms with E-state index in [0.29, 0.717) is 18.2 Å². The summed E-state index contributed by atoms with van der Waals surface area (Å²) in [7, 11) is 1.67. The lowest BCUT2D eigenvalue weighted by Gasteiger charge is -2.26. The molecule has 0 aliphatic carbocycles. The van der Waals surface area contributed by atoms with Gasteiger partial charge in [0.1, 0.15) is 6.04 Å². The van der Waals surface area contributed by atoms with E-state index in [2.05, 4.69) is 4.98 Å². The Morgan fingerprint density at radius 3 is 2.84 bits per heavy atom. The van der Waals surface area contributed by atoms with E-state index in [1.165, 1.54) is 21.6 Å². The molecule has 1 aromatic rings. The van der Waals surface area contributed by atoms with Crippen LogP contribution in [0.2, 0.25) is 0 Å². The molecule has 6 nitrogen and oxygen atoms in total. The molecule has 0 radical (unpaired) electrons. The van der Waals surface area contributed by atoms with Crippen LogP contribution in [0.25, 0.3) is 0 Å². The number of carbonyl (C=O) groups excluding carboxylic acids is 1. The topological polar surface area (TPSA) is 73.7 Å². The van der Waals surface area contributed by atoms with Crippen LogP contribution in [0, 0.1) is 0 Å². The van der Waals surface area contributed by atoms with Crippen LogP contribution in [0.15, 0.2) is 24.5 Å². The molecule has 7 heteroatoms. The van der Waals surface area contributed by atoms with E-state index in [4.69, 9.17) is 5.11 Å². The van der Waals surface area contributed by atoms with Gasteiger partial charge in [0.15, 0.2) is 0 Å². The molecule has 2 rings (SSSR count). The molecule has 0 bridgehead atoms. The quantitative estimate of drug-likeness (QED) is 0.898. The van der Waals surface area contributed by atoms with E-state index >= 15 is 0 Å². The Hall–Kier alpha value is -1.76. The highest BCUT2D eigenvalue weighted by Crippen LogP contribution is 2.22. The first-order valence-corrected chi connectivity index (χ1v) is 6.96. The number of amides is 2. The average Bonchev–Trinajstić information content (AvgIpc) is 2.88. The molecule has 1 fully saturated rings. The van der Waals surface area contributed by atoms with Crippen LogP contribution < -0.4 is 0 Å². The summed E-state index contributed by atoms with van der Waals surface area (Å²) < 4.78 is 0. The van der Waals surface area contributed by atoms with Crippen molar-refractivity contribution >= 4 is 23.8 Å². The maximum absolute atomic E-state index is 12.2. The van der Waals surface area contributed by atoms with Gasteiger partial charge in [-0.05, 0) is 17.7 Å². The number of hydrogen-bond donors (Lipinski definition) is 1. The van der Waals surface area contributed by atoms with Crippen LogP contribution in [-0.2, 0) is 11.3 Å². The zero-order valence-electron chi connectivity index (χ0n) is 10.5. The average molecular weight is 281 g/mol. The molecule has 1 saturated heterocycles. The Morgan fingerprint density at radius 2 is 2.21 bits per heavy atom. The largest absolute Gasteiger partial charge is 0.480 e. The van der Waals surface area contributed by atoms with Crippen molar-refractivity contribution in [3.63, 3.8) is 0 Å². The smallest absolute Gasteiger partial charge is 0.327 e. The van der Waals surface area contributed by atoms with E-state index < -0.39 is 12.0 Å². The van der Waals surface area contributed by atoms with E-state index in [9.17, 15) is 9.59 Å². The van der Waals surface area contributed by atoms with Crippen molar-refractivity contribution in [1.29, 1.82) is 0 Å². The number of hydrogen-bond acceptors (Lipinski definition) is 4. The second kappa shape index (κ2) is 5.92. The summed E-state index contributed by atoms with van der Waals surface area (Å²) >= 11 is 1.46. The van der Waals surface area contributed by atoms with E-state index in [0.717, 1.165) is 5.56 Å². The van der Waals surface area contributed by atoms with Gasteiger partial charge in [0.05, 0.1) is 5.88 Å². The van der Waals surface area contributed by atoms with Crippen molar-refractivity contribution in [3.05, 3.63) is 30.1 Å². The molecule has 1 atom stereocenters. The fourth-order valence-corrected chi connectivity index (χ4v) is 3.02. The Bertz CT molecular complexity index is 469. The summed E-state index contributed by atoms with van der Waals surface area (Å²) in [5.41, 5.74) is 0.963. The van der Waals surface area contributed by atoms with Crippen molar-refractivity contribution in [3.8, 4) is 0 Å². The lowest BCUT2D eigenvalue weighted by atomic mass is 10.2. The minimum absolute atomic E-state index is 0.255. The number of carboxylic acids is 1. The number of aliphatic carboxylic acids is 1. The molecular weight excluding hydrogens is 266 g/mol. The molecule has 19 heavy (non-hydrogen) atoms. The third-order valence-electron chi connectivity index (χ3n) is 2.91. The first-order valence-electron chi connectivity index (χ1n) is 5.81. The number of nitrogens with zero attached hydrogens (tertiary/aromatic N) is 3. The van der Waals surface area contributed by atoms with Gasteiger partial charge in [-0.25, -0.2) is 9.59 Å². The molecule has 2 amide bonds. The molecular formula is C12H15N3O3S. The monoisotopic (exact) mass is 281 g/mol. The Kier molecular flexibility index (Phi) is 4.26. The summed E-state index contributed by atoms with van der Waals surface area (Å²) in [6, 6.07) is 2.68. The van der Waals surface area contributed by atoms with E-state index in [1.807, 2.05) is 12.1 Å². The van der Waals surface area contributed by atoms with Gasteiger partial charge in [0.2, 0.25) is 0 Å². The maximum Gasteiger partial charge on any atom is 0.327 e. The van der Waals surface area contributed by atoms with Gasteiger partial charge in [-0.2, -0.15) is 0 Å². The molecule has 0 saturated carbocycles. The SMILES string of the molecule is CN(Cc1ccncc1)C(=O)N1CSCC1C(=O)O. The second-order valence-electron chi connectivity index (χ2n) is 4.32. The molecule has 1 aliphatic rings. The van der Waals surface area contributed by atoms with Crippen LogP contribution in [0.1, 0.15) is 5.56 Å². The third-order valence-corrected chi connectivity index (χ3v) is 3.92. The Labute approximate surface area is 115 Å². The highest BCUT2D eigenvalue weighted by Gasteiger charge is 2.35. The van der Waals surface area contributed by atoms with Gasteiger partial charge in [-0.15, -0.1) is 11.8 Å². The van der Waals surface area contributed by atoms with Crippen LogP contribution in [0.4, 0.5) is 4.79 Å². The second-order valence-corrected chi connectivity index (χ2v) is 5.32. The number of urea groups is 1. The molecule has 0 aromatic carbocycles. The van der Waals surface area contributed by atoms with Crippen molar-refractivity contribution in [2.45, 2.75) is 12.6 Å². The van der Waals surface area contributed by atoms with E-state index in [1.54, 1.807) is 19.4 Å². The molecule has 102 valence electrons. The number of aromatic nitrogens is 1. The summed E-state index contributed by atoms with van der Waals surface area (Å²) in [4.78, 5) is 30.1. The fourth-order valence-electron chi connectivity index (χ4n) is 1.88. The van der Waals surface area contributed by atoms with Gasteiger partial charge < -0.3 is 14.9 Å². The zero-order chi connectivity index (χ0) is 13.8. The van der Waals surface area contributed by atoms with Crippen molar-refractivity contribution in [2.24, 2.45) is 0 Å². The van der Waals surface area contributed by atoms with Crippen LogP contribution in [-0.4, -0.2) is 56.6 Å². The van der Waals surface area contributed by atoms with Crippen molar-refractivity contribution < 1.29 is 14.7 Å². The minimum Gasteiger partial charge on any atom is -0.480 e. The number of carboxylic acid groups (broad SMARTS) is 1. The normalized spacial score (nSPS) is 18.4. The number of thioether (sulfide) groups is 1. The lowest BCUT2D eigenvalue weighted by molar-refractivity contribution is -0.140. The van der Waals surface area contributed by atoms with Crippen LogP contribution in [0.3, 0.4) is 0 Å². The van der Waals surface area contributed by atoms with Crippen molar-refractivity contribution in [2.75, 3.05) is 18.7 Å². The predicted octanol–water partition coefficient (Wildman–Crippen LogP) is 1.09. The third kappa shape index (κ3) is 3.17. The highest BCUT2D eigenvalue weighted by atomic mass is 32.2. The Morgan fingerprint density at radius 1 is 1.53 bits per heavy atom. The molecule has 0 spiro atoms. The van der Waals surface area contributed by atoms with Gasteiger partial charge in [-0.3, -0.25) is 4.98 Å². The maximum atomic E-state index is 12.2. The number of carbonyl (C=O) groups is 2. The summed E-state index contributed by atoms with van der Waals surface area (Å²) in [5.74, 6) is -0.0728. The number of pyridine rings is 1. The molecule has 1 aromatic heterocycles. The van der Waals surface area contributed by atoms with Gasteiger partial charge >= 0.3 is 12.0 Å². The fraction of sp³-hybridized carbons (Fsp3) is 0.417. The molecule has 1 unspecified atom stereocenters. The Balaban J connectivity index is 2.01. The van der Waals surface area contributed by atoms with Crippen molar-refractivity contribution in [1.82, 2.24) is 14.8 Å². The van der Waals surface area contributed by atoms with Gasteiger partial charge in [-0.1, -0.05) is 0 Å². The summed E-state index contributed by atoms with van der Waals surface area (Å²) in [6.07, 6.45) is 3.33. The zero-order valence-corrected chi connectivity index (χ0v) is 11.3. The molecule has 2 heterocycles. The van der Waals surface area contributed by atoms with E-state index in [-0.39, 0.29) is 6.03 Å². The first kappa shape index (κ1) is 13.7. The summed E-state index contributed by atoms with van der Waals surface area (Å²) in [5, 5.41) is 9.07. The predicted molar refractivity (Wildman–Crippen MR) is 71.7 cm³/mol. The first-order chi connectivity index (χ1) is 9.09. The minimum atomic E-state index is -0.948. The lowest BCUT2D eigenvalue weighted by Crippen LogP contribution is -2.47. The van der Waals surface area contributed by atoms with Gasteiger partial charge in [0, 0.05) is 31.7 Å². The number of rotatable bonds is 3. The molecule has 1 aliphatic heterocycles. The van der Waals surface area contributed by atoms with Gasteiger partial charge in [0.25, 0.3) is 0 Å². The standard InChI is InChI=1S/C12H15N3O3S/c1-14(6-9-2-4-13-5-3-9)12(18)15-8-19-7-10(15)11(16)17/h2-5,10H,6-8H2,1H3,(H,16,17). The highest BCUT2D eigenvalue weighted by molar-refractivity contribution is 7.99. The summed E-state index contributed by atoms with van der Waals surface area (Å²) in [6.45, 7) is 0.439.